The number of nitrogens with zero attached hydrogens (tertiary/aromatic N) is 2. The Balaban J connectivity index is 1.89. The highest BCUT2D eigenvalue weighted by atomic mass is 16.2. The van der Waals surface area contributed by atoms with Gasteiger partial charge in [-0.1, -0.05) is 20.8 Å². The van der Waals surface area contributed by atoms with E-state index in [1.807, 2.05) is 0 Å². The molecule has 0 bridgehead atoms. The summed E-state index contributed by atoms with van der Waals surface area (Å²) >= 11 is 0. The first-order valence-corrected chi connectivity index (χ1v) is 7.52. The monoisotopic (exact) mass is 252 g/mol. The lowest BCUT2D eigenvalue weighted by Gasteiger charge is -2.34. The van der Waals surface area contributed by atoms with E-state index in [9.17, 15) is 4.79 Å². The van der Waals surface area contributed by atoms with Crippen molar-refractivity contribution in [1.82, 2.24) is 9.80 Å². The molecule has 0 N–H and O–H groups in total. The van der Waals surface area contributed by atoms with Crippen molar-refractivity contribution in [2.24, 2.45) is 11.3 Å². The smallest absolute Gasteiger partial charge is 0.319 e. The third-order valence-corrected chi connectivity index (χ3v) is 4.66. The Labute approximate surface area is 112 Å². The highest BCUT2D eigenvalue weighted by molar-refractivity contribution is 5.74. The largest absolute Gasteiger partial charge is 0.325 e. The van der Waals surface area contributed by atoms with Crippen LogP contribution in [0.5, 0.6) is 0 Å². The summed E-state index contributed by atoms with van der Waals surface area (Å²) in [7, 11) is 0. The summed E-state index contributed by atoms with van der Waals surface area (Å²) in [5, 5.41) is 0. The molecule has 3 heteroatoms. The Morgan fingerprint density at radius 2 is 1.61 bits per heavy atom. The first-order valence-electron chi connectivity index (χ1n) is 7.52. The van der Waals surface area contributed by atoms with E-state index in [0.717, 1.165) is 44.9 Å². The van der Waals surface area contributed by atoms with Crippen LogP contribution >= 0.6 is 0 Å². The van der Waals surface area contributed by atoms with Crippen LogP contribution in [0.4, 0.5) is 4.79 Å². The van der Waals surface area contributed by atoms with Crippen molar-refractivity contribution in [2.45, 2.75) is 52.9 Å². The van der Waals surface area contributed by atoms with Gasteiger partial charge in [0.1, 0.15) is 0 Å². The van der Waals surface area contributed by atoms with Gasteiger partial charge in [0, 0.05) is 26.2 Å². The van der Waals surface area contributed by atoms with Crippen LogP contribution in [0.15, 0.2) is 0 Å². The molecule has 0 unspecified atom stereocenters. The Kier molecular flexibility index (Phi) is 4.18. The molecule has 2 saturated heterocycles. The van der Waals surface area contributed by atoms with E-state index in [1.165, 1.54) is 19.3 Å². The van der Waals surface area contributed by atoms with Crippen LogP contribution < -0.4 is 0 Å². The normalized spacial score (nSPS) is 25.9. The molecule has 0 aliphatic carbocycles. The summed E-state index contributed by atoms with van der Waals surface area (Å²) in [6.45, 7) is 10.7. The SMILES string of the molecule is CC1CCN(C(=O)N2CCCC(C)(C)CC2)CC1. The first kappa shape index (κ1) is 13.7. The lowest BCUT2D eigenvalue weighted by atomic mass is 9.85. The predicted octanol–water partition coefficient (Wildman–Crippen LogP) is 3.35. The van der Waals surface area contributed by atoms with Gasteiger partial charge in [-0.25, -0.2) is 4.79 Å². The third kappa shape index (κ3) is 3.39. The summed E-state index contributed by atoms with van der Waals surface area (Å²) < 4.78 is 0. The van der Waals surface area contributed by atoms with Gasteiger partial charge in [-0.05, 0) is 43.4 Å². The molecule has 0 aromatic rings. The fraction of sp³-hybridized carbons (Fsp3) is 0.933. The standard InChI is InChI=1S/C15H28N2O/c1-13-5-10-17(11-6-13)14(18)16-9-4-7-15(2,3)8-12-16/h13H,4-12H2,1-3H3. The average molecular weight is 252 g/mol. The summed E-state index contributed by atoms with van der Waals surface area (Å²) in [6.07, 6.45) is 5.88. The zero-order valence-corrected chi connectivity index (χ0v) is 12.2. The minimum atomic E-state index is 0.291. The van der Waals surface area contributed by atoms with E-state index in [-0.39, 0.29) is 0 Å². The predicted molar refractivity (Wildman–Crippen MR) is 74.6 cm³/mol. The molecule has 2 heterocycles. The average Bonchev–Trinajstić information content (AvgIpc) is 2.50. The molecule has 2 aliphatic rings. The highest BCUT2D eigenvalue weighted by Crippen LogP contribution is 2.30. The number of hydrogen-bond donors (Lipinski definition) is 0. The van der Waals surface area contributed by atoms with Crippen molar-refractivity contribution in [3.05, 3.63) is 0 Å². The number of piperidine rings is 1. The molecule has 0 spiro atoms. The minimum absolute atomic E-state index is 0.291. The second-order valence-corrected chi connectivity index (χ2v) is 6.96. The third-order valence-electron chi connectivity index (χ3n) is 4.66. The van der Waals surface area contributed by atoms with Gasteiger partial charge in [-0.15, -0.1) is 0 Å². The van der Waals surface area contributed by atoms with Crippen LogP contribution in [-0.4, -0.2) is 42.0 Å². The molecule has 0 saturated carbocycles. The van der Waals surface area contributed by atoms with Crippen LogP contribution in [0.1, 0.15) is 52.9 Å². The maximum absolute atomic E-state index is 12.5. The number of rotatable bonds is 0. The molecular weight excluding hydrogens is 224 g/mol. The number of amides is 2. The number of carbonyl (C=O) groups is 1. The molecule has 104 valence electrons. The molecule has 2 amide bonds. The quantitative estimate of drug-likeness (QED) is 0.648. The fourth-order valence-electron chi connectivity index (χ4n) is 3.01. The van der Waals surface area contributed by atoms with Crippen molar-refractivity contribution in [1.29, 1.82) is 0 Å². The molecule has 0 atom stereocenters. The summed E-state index contributed by atoms with van der Waals surface area (Å²) in [4.78, 5) is 16.6. The molecule has 18 heavy (non-hydrogen) atoms. The van der Waals surface area contributed by atoms with Gasteiger partial charge in [-0.3, -0.25) is 0 Å². The van der Waals surface area contributed by atoms with Gasteiger partial charge in [0.05, 0.1) is 0 Å². The van der Waals surface area contributed by atoms with Gasteiger partial charge in [0.25, 0.3) is 0 Å². The lowest BCUT2D eigenvalue weighted by molar-refractivity contribution is 0.134. The van der Waals surface area contributed by atoms with Crippen molar-refractivity contribution in [3.8, 4) is 0 Å². The van der Waals surface area contributed by atoms with E-state index >= 15 is 0 Å². The first-order chi connectivity index (χ1) is 8.48. The Morgan fingerprint density at radius 1 is 1.00 bits per heavy atom. The Morgan fingerprint density at radius 3 is 2.28 bits per heavy atom. The summed E-state index contributed by atoms with van der Waals surface area (Å²) in [6, 6.07) is 0.291. The van der Waals surface area contributed by atoms with E-state index < -0.39 is 0 Å². The van der Waals surface area contributed by atoms with Crippen molar-refractivity contribution in [3.63, 3.8) is 0 Å². The van der Waals surface area contributed by atoms with E-state index in [0.29, 0.717) is 11.4 Å². The van der Waals surface area contributed by atoms with Crippen molar-refractivity contribution >= 4 is 6.03 Å². The van der Waals surface area contributed by atoms with E-state index in [4.69, 9.17) is 0 Å². The number of carbonyl (C=O) groups excluding carboxylic acids is 1. The van der Waals surface area contributed by atoms with Gasteiger partial charge >= 0.3 is 6.03 Å². The topological polar surface area (TPSA) is 23.6 Å². The molecule has 3 nitrogen and oxygen atoms in total. The Hall–Kier alpha value is -0.730. The maximum Gasteiger partial charge on any atom is 0.319 e. The highest BCUT2D eigenvalue weighted by Gasteiger charge is 2.29. The van der Waals surface area contributed by atoms with Gasteiger partial charge in [0.15, 0.2) is 0 Å². The molecular formula is C15H28N2O. The second kappa shape index (κ2) is 5.50. The maximum atomic E-state index is 12.5. The Bertz CT molecular complexity index is 293. The molecule has 0 aromatic heterocycles. The van der Waals surface area contributed by atoms with Crippen LogP contribution in [0, 0.1) is 11.3 Å². The number of urea groups is 1. The summed E-state index contributed by atoms with van der Waals surface area (Å²) in [5.41, 5.74) is 0.408. The van der Waals surface area contributed by atoms with Crippen molar-refractivity contribution < 1.29 is 4.79 Å². The zero-order valence-electron chi connectivity index (χ0n) is 12.2. The minimum Gasteiger partial charge on any atom is -0.325 e. The molecule has 2 fully saturated rings. The van der Waals surface area contributed by atoms with Crippen LogP contribution in [0.3, 0.4) is 0 Å². The van der Waals surface area contributed by atoms with E-state index in [2.05, 4.69) is 30.6 Å². The molecule has 0 aromatic carbocycles. The molecule has 2 aliphatic heterocycles. The van der Waals surface area contributed by atoms with Gasteiger partial charge in [0.2, 0.25) is 0 Å². The van der Waals surface area contributed by atoms with Gasteiger partial charge in [-0.2, -0.15) is 0 Å². The van der Waals surface area contributed by atoms with Crippen LogP contribution in [0.25, 0.3) is 0 Å². The summed E-state index contributed by atoms with van der Waals surface area (Å²) in [5.74, 6) is 0.789. The zero-order chi connectivity index (χ0) is 13.2. The number of hydrogen-bond acceptors (Lipinski definition) is 1. The van der Waals surface area contributed by atoms with E-state index in [1.54, 1.807) is 0 Å². The molecule has 2 rings (SSSR count). The lowest BCUT2D eigenvalue weighted by Crippen LogP contribution is -2.46. The molecule has 0 radical (unpaired) electrons. The van der Waals surface area contributed by atoms with Gasteiger partial charge < -0.3 is 9.80 Å². The second-order valence-electron chi connectivity index (χ2n) is 6.96. The fourth-order valence-corrected chi connectivity index (χ4v) is 3.01. The van der Waals surface area contributed by atoms with Crippen molar-refractivity contribution in [2.75, 3.05) is 26.2 Å². The van der Waals surface area contributed by atoms with Crippen LogP contribution in [-0.2, 0) is 0 Å². The van der Waals surface area contributed by atoms with Crippen LogP contribution in [0.2, 0.25) is 0 Å². The number of likely N-dealkylation sites (tertiary alicyclic amines) is 2.